The molecule has 1 atom stereocenters. The minimum Gasteiger partial charge on any atom is -0.493 e. The van der Waals surface area contributed by atoms with E-state index in [9.17, 15) is 9.59 Å². The highest BCUT2D eigenvalue weighted by atomic mass is 32.1. The zero-order valence-corrected chi connectivity index (χ0v) is 25.9. The first-order valence-corrected chi connectivity index (χ1v) is 13.9. The summed E-state index contributed by atoms with van der Waals surface area (Å²) in [6.07, 6.45) is 0.589. The van der Waals surface area contributed by atoms with Crippen molar-refractivity contribution in [2.75, 3.05) is 33.5 Å². The zero-order valence-electron chi connectivity index (χ0n) is 25.0. The number of esters is 1. The summed E-state index contributed by atoms with van der Waals surface area (Å²) in [5.74, 6) is 0.424. The molecule has 2 aromatic rings. The van der Waals surface area contributed by atoms with Crippen molar-refractivity contribution in [3.63, 3.8) is 0 Å². The Kier molecular flexibility index (Phi) is 12.8. The molecule has 10 nitrogen and oxygen atoms in total. The Morgan fingerprint density at radius 2 is 1.66 bits per heavy atom. The smallest absolute Gasteiger partial charge is 0.311 e. The predicted octanol–water partition coefficient (Wildman–Crippen LogP) is 6.91. The molecule has 11 heteroatoms. The molecule has 224 valence electrons. The molecule has 0 heterocycles. The van der Waals surface area contributed by atoms with E-state index in [0.29, 0.717) is 17.9 Å². The van der Waals surface area contributed by atoms with E-state index in [0.717, 1.165) is 16.2 Å². The fraction of sp³-hybridized carbons (Fsp3) is 0.533. The highest BCUT2D eigenvalue weighted by Crippen LogP contribution is 2.29. The van der Waals surface area contributed by atoms with Gasteiger partial charge in [-0.2, -0.15) is 0 Å². The quantitative estimate of drug-likeness (QED) is 0.0488. The molecule has 0 saturated heterocycles. The maximum atomic E-state index is 12.5. The Hall–Kier alpha value is -3.40. The summed E-state index contributed by atoms with van der Waals surface area (Å²) < 4.78 is 16.7. The van der Waals surface area contributed by atoms with Gasteiger partial charge in [0.15, 0.2) is 11.5 Å². The molecule has 0 fully saturated rings. The van der Waals surface area contributed by atoms with Crippen LogP contribution in [0.1, 0.15) is 58.2 Å². The van der Waals surface area contributed by atoms with E-state index in [4.69, 9.17) is 24.6 Å². The number of azide groups is 1. The molecular weight excluding hydrogens is 544 g/mol. The van der Waals surface area contributed by atoms with Gasteiger partial charge in [0.1, 0.15) is 0 Å². The van der Waals surface area contributed by atoms with Crippen molar-refractivity contribution in [2.24, 2.45) is 16.4 Å². The summed E-state index contributed by atoms with van der Waals surface area (Å²) in [5, 5.41) is 4.03. The number of hydroxylamine groups is 2. The second-order valence-corrected chi connectivity index (χ2v) is 12.2. The Balaban J connectivity index is 2.14. The van der Waals surface area contributed by atoms with Gasteiger partial charge >= 0.3 is 11.2 Å². The summed E-state index contributed by atoms with van der Waals surface area (Å²) >= 11 is 4.00. The molecular formula is C30H42N4O6S. The van der Waals surface area contributed by atoms with Crippen LogP contribution in [-0.2, 0) is 32.7 Å². The molecule has 1 unspecified atom stereocenters. The lowest BCUT2D eigenvalue weighted by atomic mass is 9.86. The Bertz CT molecular complexity index is 1200. The molecule has 0 N–H and O–H groups in total. The van der Waals surface area contributed by atoms with Gasteiger partial charge in [-0.1, -0.05) is 68.8 Å². The van der Waals surface area contributed by atoms with Crippen LogP contribution in [0.5, 0.6) is 11.5 Å². The zero-order chi connectivity index (χ0) is 30.6. The number of nitrogens with zero attached hydrogens (tertiary/aromatic N) is 4. The Labute approximate surface area is 248 Å². The van der Waals surface area contributed by atoms with E-state index >= 15 is 0 Å². The fourth-order valence-electron chi connectivity index (χ4n) is 3.75. The van der Waals surface area contributed by atoms with Crippen LogP contribution in [0.2, 0.25) is 0 Å². The van der Waals surface area contributed by atoms with Gasteiger partial charge in [0, 0.05) is 10.8 Å². The first-order valence-electron chi connectivity index (χ1n) is 13.4. The molecule has 0 radical (unpaired) electrons. The number of hydrogen-bond donors (Lipinski definition) is 1. The number of thiol groups is 1. The Morgan fingerprint density at radius 1 is 1.00 bits per heavy atom. The van der Waals surface area contributed by atoms with Gasteiger partial charge in [-0.25, -0.2) is 5.06 Å². The maximum Gasteiger partial charge on any atom is 0.311 e. The third-order valence-electron chi connectivity index (χ3n) is 6.15. The van der Waals surface area contributed by atoms with Crippen molar-refractivity contribution in [2.45, 2.75) is 59.9 Å². The molecule has 0 spiro atoms. The van der Waals surface area contributed by atoms with Crippen LogP contribution in [0.25, 0.3) is 10.4 Å². The van der Waals surface area contributed by atoms with Crippen LogP contribution in [0.3, 0.4) is 0 Å². The topological polar surface area (TPSA) is 123 Å². The molecule has 0 aliphatic heterocycles. The summed E-state index contributed by atoms with van der Waals surface area (Å²) in [6.45, 7) is 12.7. The molecule has 2 aromatic carbocycles. The third-order valence-corrected chi connectivity index (χ3v) is 6.38. The van der Waals surface area contributed by atoms with Gasteiger partial charge < -0.3 is 14.2 Å². The van der Waals surface area contributed by atoms with Gasteiger partial charge in [-0.05, 0) is 67.0 Å². The maximum absolute atomic E-state index is 12.5. The number of ether oxygens (including phenoxy) is 3. The second-order valence-electron chi connectivity index (χ2n) is 11.8. The number of hydrogen-bond acceptors (Lipinski definition) is 7. The van der Waals surface area contributed by atoms with Crippen LogP contribution < -0.4 is 9.47 Å². The normalized spacial score (nSPS) is 12.2. The van der Waals surface area contributed by atoms with Crippen molar-refractivity contribution in [3.05, 3.63) is 69.6 Å². The van der Waals surface area contributed by atoms with Crippen LogP contribution in [-0.4, -0.2) is 49.7 Å². The lowest BCUT2D eigenvalue weighted by Gasteiger charge is -2.25. The number of amides is 1. The number of methoxy groups -OCH3 is 1. The van der Waals surface area contributed by atoms with Crippen molar-refractivity contribution in [1.29, 1.82) is 0 Å². The van der Waals surface area contributed by atoms with Crippen molar-refractivity contribution >= 4 is 23.8 Å². The fourth-order valence-corrected chi connectivity index (χ4v) is 3.88. The van der Waals surface area contributed by atoms with E-state index in [1.54, 1.807) is 39.0 Å². The van der Waals surface area contributed by atoms with Crippen LogP contribution >= 0.6 is 12.6 Å². The first kappa shape index (κ1) is 33.8. The van der Waals surface area contributed by atoms with E-state index in [1.807, 2.05) is 0 Å². The van der Waals surface area contributed by atoms with Crippen LogP contribution in [0.4, 0.5) is 4.79 Å². The average molecular weight is 587 g/mol. The van der Waals surface area contributed by atoms with Gasteiger partial charge in [0.2, 0.25) is 0 Å². The minimum atomic E-state index is -0.634. The third kappa shape index (κ3) is 11.5. The molecule has 2 rings (SSSR count). The first-order chi connectivity index (χ1) is 19.2. The standard InChI is InChI=1S/C30H42N4O6S/c1-29(2,3)24-11-8-21(9-12-24)16-23(19-39-27(35)30(4,5)6)20-40-34(28(36)41)18-22-10-13-25(26(17-22)37-7)38-15-14-32-33-31/h8-13,17,23H,14-16,18-20H2,1-7H3,(H,36,41). The molecule has 0 aliphatic rings. The lowest BCUT2D eigenvalue weighted by Crippen LogP contribution is -2.32. The van der Waals surface area contributed by atoms with Gasteiger partial charge in [0.05, 0.1) is 45.4 Å². The molecule has 0 bridgehead atoms. The average Bonchev–Trinajstić information content (AvgIpc) is 2.91. The van der Waals surface area contributed by atoms with E-state index < -0.39 is 10.7 Å². The van der Waals surface area contributed by atoms with Crippen LogP contribution in [0, 0.1) is 11.3 Å². The number of benzene rings is 2. The lowest BCUT2D eigenvalue weighted by molar-refractivity contribution is -0.160. The van der Waals surface area contributed by atoms with Crippen molar-refractivity contribution in [3.8, 4) is 11.5 Å². The molecule has 0 aromatic heterocycles. The number of carbonyl (C=O) groups is 2. The predicted molar refractivity (Wildman–Crippen MR) is 161 cm³/mol. The number of carbonyl (C=O) groups excluding carboxylic acids is 2. The molecule has 1 amide bonds. The SMILES string of the molecule is COc1cc(CN(OCC(COC(=O)C(C)(C)C)Cc2ccc(C(C)(C)C)cc2)C(=O)S)ccc1OCCN=[N+]=[N-]. The molecule has 0 aliphatic carbocycles. The van der Waals surface area contributed by atoms with Gasteiger partial charge in [-0.15, -0.1) is 0 Å². The van der Waals surface area contributed by atoms with E-state index in [1.165, 1.54) is 12.7 Å². The highest BCUT2D eigenvalue weighted by Gasteiger charge is 2.25. The summed E-state index contributed by atoms with van der Waals surface area (Å²) in [5.41, 5.74) is 10.8. The Morgan fingerprint density at radius 3 is 2.22 bits per heavy atom. The monoisotopic (exact) mass is 586 g/mol. The van der Waals surface area contributed by atoms with Crippen molar-refractivity contribution in [1.82, 2.24) is 5.06 Å². The van der Waals surface area contributed by atoms with E-state index in [2.05, 4.69) is 67.7 Å². The van der Waals surface area contributed by atoms with E-state index in [-0.39, 0.29) is 50.2 Å². The molecule has 0 saturated carbocycles. The second kappa shape index (κ2) is 15.6. The van der Waals surface area contributed by atoms with Gasteiger partial charge in [-0.3, -0.25) is 14.4 Å². The minimum absolute atomic E-state index is 0.0374. The molecule has 41 heavy (non-hydrogen) atoms. The number of rotatable bonds is 14. The van der Waals surface area contributed by atoms with Crippen molar-refractivity contribution < 1.29 is 28.6 Å². The summed E-state index contributed by atoms with van der Waals surface area (Å²) in [4.78, 5) is 33.5. The summed E-state index contributed by atoms with van der Waals surface area (Å²) in [7, 11) is 1.51. The summed E-state index contributed by atoms with van der Waals surface area (Å²) in [6, 6.07) is 13.6. The highest BCUT2D eigenvalue weighted by molar-refractivity contribution is 7.96. The van der Waals surface area contributed by atoms with Gasteiger partial charge in [0.25, 0.3) is 0 Å². The van der Waals surface area contributed by atoms with Crippen LogP contribution in [0.15, 0.2) is 47.6 Å². The largest absolute Gasteiger partial charge is 0.493 e.